The van der Waals surface area contributed by atoms with Gasteiger partial charge in [-0.05, 0) is 12.1 Å². The van der Waals surface area contributed by atoms with Crippen molar-refractivity contribution >= 4 is 14.7 Å². The molecule has 7 heteroatoms. The minimum Gasteiger partial charge on any atom is -0.388 e. The quantitative estimate of drug-likeness (QED) is 0.519. The molecule has 0 bridgehead atoms. The van der Waals surface area contributed by atoms with Crippen molar-refractivity contribution in [3.8, 4) is 0 Å². The summed E-state index contributed by atoms with van der Waals surface area (Å²) in [6.07, 6.45) is -0.301. The molecule has 106 valence electrons. The number of aliphatic hydroxyl groups is 1. The van der Waals surface area contributed by atoms with Crippen LogP contribution in [0.25, 0.3) is 0 Å². The molecule has 1 amide bonds. The van der Waals surface area contributed by atoms with Gasteiger partial charge in [0, 0.05) is 26.9 Å². The van der Waals surface area contributed by atoms with Gasteiger partial charge in [-0.15, -0.1) is 0 Å². The third-order valence-electron chi connectivity index (χ3n) is 2.21. The van der Waals surface area contributed by atoms with Gasteiger partial charge < -0.3 is 24.1 Å². The van der Waals surface area contributed by atoms with Crippen LogP contribution in [0.15, 0.2) is 24.4 Å². The van der Waals surface area contributed by atoms with Gasteiger partial charge in [-0.1, -0.05) is 20.1 Å². The summed E-state index contributed by atoms with van der Waals surface area (Å²) in [5, 5.41) is 8.90. The van der Waals surface area contributed by atoms with Crippen LogP contribution in [0, 0.1) is 0 Å². The van der Waals surface area contributed by atoms with Gasteiger partial charge in [0.25, 0.3) is 0 Å². The lowest BCUT2D eigenvalue weighted by Crippen LogP contribution is -2.40. The van der Waals surface area contributed by atoms with E-state index in [0.29, 0.717) is 6.42 Å². The fourth-order valence-electron chi connectivity index (χ4n) is 0.911. The highest BCUT2D eigenvalue weighted by molar-refractivity contribution is 6.66. The summed E-state index contributed by atoms with van der Waals surface area (Å²) >= 11 is 0. The lowest BCUT2D eigenvalue weighted by Gasteiger charge is -2.19. The molecule has 0 aromatic rings. The highest BCUT2D eigenvalue weighted by Crippen LogP contribution is 2.05. The molecule has 18 heavy (non-hydrogen) atoms. The molecule has 0 aliphatic heterocycles. The van der Waals surface area contributed by atoms with Crippen LogP contribution in [0.2, 0.25) is 0 Å². The van der Waals surface area contributed by atoms with E-state index in [4.69, 9.17) is 24.1 Å². The molecule has 0 aliphatic rings. The van der Waals surface area contributed by atoms with Crippen molar-refractivity contribution in [3.05, 3.63) is 24.4 Å². The average molecular weight is 277 g/mol. The van der Waals surface area contributed by atoms with Crippen LogP contribution in [-0.2, 0) is 18.1 Å². The van der Waals surface area contributed by atoms with Crippen LogP contribution < -0.4 is 5.73 Å². The number of primary amides is 1. The van der Waals surface area contributed by atoms with Crippen molar-refractivity contribution in [2.45, 2.75) is 19.4 Å². The Hall–Kier alpha value is -0.993. The second-order valence-corrected chi connectivity index (χ2v) is 6.07. The molecule has 0 heterocycles. The normalized spacial score (nSPS) is 12.1. The van der Waals surface area contributed by atoms with E-state index in [9.17, 15) is 4.79 Å². The summed E-state index contributed by atoms with van der Waals surface area (Å²) in [6, 6.07) is 0. The summed E-state index contributed by atoms with van der Waals surface area (Å²) in [5.41, 5.74) is 6.47. The number of carbonyl (C=O) groups excluding carboxylic acids is 1. The van der Waals surface area contributed by atoms with E-state index >= 15 is 0 Å². The third kappa shape index (κ3) is 6.67. The highest BCUT2D eigenvalue weighted by Gasteiger charge is 2.33. The zero-order valence-corrected chi connectivity index (χ0v) is 12.4. The summed E-state index contributed by atoms with van der Waals surface area (Å²) in [7, 11) is 2.20. The Balaban J connectivity index is 0. The van der Waals surface area contributed by atoms with Gasteiger partial charge in [0.15, 0.2) is 0 Å². The molecule has 3 N–H and O–H groups in total. The van der Waals surface area contributed by atoms with Crippen LogP contribution in [0.3, 0.4) is 0 Å². The minimum absolute atomic E-state index is 0.0810. The summed E-state index contributed by atoms with van der Waals surface area (Å²) in [4.78, 5) is 10.3. The maximum absolute atomic E-state index is 10.3. The van der Waals surface area contributed by atoms with Gasteiger partial charge in [0.05, 0.1) is 6.10 Å². The first-order valence-electron chi connectivity index (χ1n) is 5.29. The molecular formula is C11H23NO5Si. The molecule has 0 spiro atoms. The van der Waals surface area contributed by atoms with Crippen molar-refractivity contribution in [3.63, 3.8) is 0 Å². The molecule has 0 radical (unpaired) electrons. The molecule has 0 saturated carbocycles. The zero-order chi connectivity index (χ0) is 14.8. The number of nitrogens with two attached hydrogens (primary N) is 1. The van der Waals surface area contributed by atoms with Gasteiger partial charge in [0.2, 0.25) is 5.91 Å². The largest absolute Gasteiger partial charge is 0.528 e. The highest BCUT2D eigenvalue weighted by atomic mass is 28.4. The Morgan fingerprint density at radius 2 is 1.78 bits per heavy atom. The Morgan fingerprint density at radius 1 is 1.39 bits per heavy atom. The SMILES string of the molecule is C=C(C(N)=O)C(O)CC.C=C[Si](OC)(OC)OC. The number of amides is 1. The van der Waals surface area contributed by atoms with E-state index in [1.54, 1.807) is 34.0 Å². The van der Waals surface area contributed by atoms with Crippen LogP contribution >= 0.6 is 0 Å². The number of rotatable bonds is 7. The van der Waals surface area contributed by atoms with Gasteiger partial charge in [-0.3, -0.25) is 4.79 Å². The van der Waals surface area contributed by atoms with E-state index in [1.165, 1.54) is 0 Å². The smallest absolute Gasteiger partial charge is 0.388 e. The molecule has 0 aromatic heterocycles. The Bertz CT molecular complexity index is 270. The number of hydrogen-bond donors (Lipinski definition) is 2. The van der Waals surface area contributed by atoms with Gasteiger partial charge in [-0.2, -0.15) is 0 Å². The van der Waals surface area contributed by atoms with Crippen LogP contribution in [0.5, 0.6) is 0 Å². The lowest BCUT2D eigenvalue weighted by molar-refractivity contribution is -0.115. The molecule has 0 saturated heterocycles. The molecule has 1 unspecified atom stereocenters. The maximum atomic E-state index is 10.3. The van der Waals surface area contributed by atoms with Crippen molar-refractivity contribution in [1.82, 2.24) is 0 Å². The average Bonchev–Trinajstić information content (AvgIpc) is 2.41. The van der Waals surface area contributed by atoms with Crippen molar-refractivity contribution in [2.75, 3.05) is 21.3 Å². The predicted octanol–water partition coefficient (Wildman–Crippen LogP) is 0.388. The summed E-state index contributed by atoms with van der Waals surface area (Å²) in [6.45, 7) is 8.58. The van der Waals surface area contributed by atoms with Crippen molar-refractivity contribution in [1.29, 1.82) is 0 Å². The topological polar surface area (TPSA) is 91.0 Å². The second kappa shape index (κ2) is 9.98. The van der Waals surface area contributed by atoms with E-state index in [-0.39, 0.29) is 5.57 Å². The monoisotopic (exact) mass is 277 g/mol. The summed E-state index contributed by atoms with van der Waals surface area (Å²) < 4.78 is 14.9. The standard InChI is InChI=1S/C6H11NO2.C5H12O3Si/c1-3-5(8)4(2)6(7)9;1-5-9(6-2,7-3)8-4/h5,8H,2-3H2,1H3,(H2,7,9);5H,1H2,2-4H3. The van der Waals surface area contributed by atoms with Crippen LogP contribution in [-0.4, -0.2) is 47.3 Å². The first-order chi connectivity index (χ1) is 8.33. The minimum atomic E-state index is -2.43. The third-order valence-corrected chi connectivity index (χ3v) is 4.42. The first-order valence-corrected chi connectivity index (χ1v) is 7.09. The number of aliphatic hydroxyl groups excluding tert-OH is 1. The van der Waals surface area contributed by atoms with E-state index < -0.39 is 20.8 Å². The molecular weight excluding hydrogens is 254 g/mol. The zero-order valence-electron chi connectivity index (χ0n) is 11.4. The first kappa shape index (κ1) is 19.3. The molecule has 0 aliphatic carbocycles. The molecule has 0 rings (SSSR count). The second-order valence-electron chi connectivity index (χ2n) is 3.23. The molecule has 1 atom stereocenters. The Morgan fingerprint density at radius 3 is 1.83 bits per heavy atom. The fourth-order valence-corrected chi connectivity index (χ4v) is 1.91. The molecule has 0 fully saturated rings. The van der Waals surface area contributed by atoms with Crippen LogP contribution in [0.1, 0.15) is 13.3 Å². The van der Waals surface area contributed by atoms with Gasteiger partial charge >= 0.3 is 8.80 Å². The Kier molecular flexibility index (Phi) is 10.7. The Labute approximate surface area is 109 Å². The summed E-state index contributed by atoms with van der Waals surface area (Å²) in [5.74, 6) is -0.635. The van der Waals surface area contributed by atoms with Gasteiger partial charge in [0.1, 0.15) is 0 Å². The van der Waals surface area contributed by atoms with Gasteiger partial charge in [-0.25, -0.2) is 0 Å². The molecule has 0 aromatic carbocycles. The van der Waals surface area contributed by atoms with Crippen molar-refractivity contribution in [2.24, 2.45) is 5.73 Å². The number of hydrogen-bond acceptors (Lipinski definition) is 5. The van der Waals surface area contributed by atoms with Crippen molar-refractivity contribution < 1.29 is 23.2 Å². The van der Waals surface area contributed by atoms with E-state index in [0.717, 1.165) is 0 Å². The maximum Gasteiger partial charge on any atom is 0.528 e. The number of carbonyl (C=O) groups is 1. The lowest BCUT2D eigenvalue weighted by atomic mass is 10.1. The molecule has 6 nitrogen and oxygen atoms in total. The fraction of sp³-hybridized carbons (Fsp3) is 0.545. The van der Waals surface area contributed by atoms with E-state index in [1.807, 2.05) is 0 Å². The van der Waals surface area contributed by atoms with Crippen LogP contribution in [0.4, 0.5) is 0 Å². The predicted molar refractivity (Wildman–Crippen MR) is 71.6 cm³/mol. The van der Waals surface area contributed by atoms with E-state index in [2.05, 4.69) is 13.2 Å².